The van der Waals surface area contributed by atoms with Crippen LogP contribution in [0.2, 0.25) is 0 Å². The third kappa shape index (κ3) is 1.85. The number of nitrogens with zero attached hydrogens (tertiary/aromatic N) is 4. The van der Waals surface area contributed by atoms with Crippen molar-refractivity contribution in [2.45, 2.75) is 5.41 Å². The molecule has 5 rings (SSSR count). The largest absolute Gasteiger partial charge is 0.411 e. The van der Waals surface area contributed by atoms with E-state index in [0.717, 1.165) is 50.5 Å². The summed E-state index contributed by atoms with van der Waals surface area (Å²) in [4.78, 5) is 15.3. The molecule has 0 spiro atoms. The van der Waals surface area contributed by atoms with Crippen LogP contribution >= 0.6 is 0 Å². The summed E-state index contributed by atoms with van der Waals surface area (Å²) in [7, 11) is 0. The molecule has 0 radical (unpaired) electrons. The molecule has 4 bridgehead atoms. The lowest BCUT2D eigenvalue weighted by Gasteiger charge is -2.50. The van der Waals surface area contributed by atoms with E-state index in [2.05, 4.69) is 15.0 Å². The van der Waals surface area contributed by atoms with Gasteiger partial charge in [0, 0.05) is 57.3 Å². The first kappa shape index (κ1) is 13.7. The number of fused-ring (bicyclic) bond motifs is 1. The molecule has 7 heteroatoms. The molecule has 2 atom stereocenters. The summed E-state index contributed by atoms with van der Waals surface area (Å²) >= 11 is 0. The zero-order valence-corrected chi connectivity index (χ0v) is 12.2. The fraction of sp³-hybridized carbons (Fsp3) is 0.533. The second kappa shape index (κ2) is 4.76. The van der Waals surface area contributed by atoms with Crippen molar-refractivity contribution in [1.29, 1.82) is 0 Å². The van der Waals surface area contributed by atoms with Gasteiger partial charge >= 0.3 is 0 Å². The highest BCUT2D eigenvalue weighted by Gasteiger charge is 2.53. The molecule has 0 aliphatic carbocycles. The van der Waals surface area contributed by atoms with Gasteiger partial charge in [-0.1, -0.05) is 17.3 Å². The predicted molar refractivity (Wildman–Crippen MR) is 80.4 cm³/mol. The number of nitro benzene ring substituents is 1. The highest BCUT2D eigenvalue weighted by Crippen LogP contribution is 2.41. The first-order chi connectivity index (χ1) is 10.6. The summed E-state index contributed by atoms with van der Waals surface area (Å²) < 4.78 is 0. The van der Waals surface area contributed by atoms with Gasteiger partial charge in [0.2, 0.25) is 0 Å². The number of piperidine rings is 2. The number of benzene rings is 1. The summed E-state index contributed by atoms with van der Waals surface area (Å²) in [5.74, 6) is 0.241. The number of hydrogen-bond donors (Lipinski definition) is 1. The van der Waals surface area contributed by atoms with Crippen LogP contribution in [0.3, 0.4) is 0 Å². The Bertz CT molecular complexity index is 627. The predicted octanol–water partition coefficient (Wildman–Crippen LogP) is 0.924. The van der Waals surface area contributed by atoms with Gasteiger partial charge in [-0.3, -0.25) is 10.1 Å². The molecular formula is C15H18N4O3. The lowest BCUT2D eigenvalue weighted by Crippen LogP contribution is -2.63. The molecule has 7 nitrogen and oxygen atoms in total. The van der Waals surface area contributed by atoms with Crippen LogP contribution in [-0.4, -0.2) is 64.9 Å². The summed E-state index contributed by atoms with van der Waals surface area (Å²) in [6.07, 6.45) is 0. The minimum Gasteiger partial charge on any atom is -0.411 e. The van der Waals surface area contributed by atoms with E-state index in [4.69, 9.17) is 0 Å². The van der Waals surface area contributed by atoms with Gasteiger partial charge < -0.3 is 15.0 Å². The van der Waals surface area contributed by atoms with E-state index in [1.807, 2.05) is 12.1 Å². The van der Waals surface area contributed by atoms with Crippen LogP contribution in [0.5, 0.6) is 0 Å². The minimum atomic E-state index is -0.385. The van der Waals surface area contributed by atoms with E-state index < -0.39 is 0 Å². The Morgan fingerprint density at radius 1 is 1.18 bits per heavy atom. The molecule has 0 aromatic heterocycles. The smallest absolute Gasteiger partial charge is 0.269 e. The molecule has 2 unspecified atom stereocenters. The zero-order chi connectivity index (χ0) is 15.3. The SMILES string of the molecule is O=[N+]([O-])c1ccc(C23CN4CCN(CC(C4)C2=NO)C3)cc1. The molecule has 22 heavy (non-hydrogen) atoms. The van der Waals surface area contributed by atoms with Gasteiger partial charge in [-0.05, 0) is 5.56 Å². The maximum absolute atomic E-state index is 10.9. The topological polar surface area (TPSA) is 82.2 Å². The van der Waals surface area contributed by atoms with Crippen molar-refractivity contribution in [3.8, 4) is 0 Å². The van der Waals surface area contributed by atoms with E-state index >= 15 is 0 Å². The molecule has 4 heterocycles. The van der Waals surface area contributed by atoms with Crippen LogP contribution in [0.4, 0.5) is 5.69 Å². The Morgan fingerprint density at radius 2 is 1.77 bits per heavy atom. The third-order valence-corrected chi connectivity index (χ3v) is 5.29. The Kier molecular flexibility index (Phi) is 2.95. The standard InChI is InChI=1S/C15H18N4O3/c20-16-14-11-7-17-5-6-18(8-11)10-15(14,9-17)12-1-3-13(4-2-12)19(21)22/h1-4,11,20H,5-10H2. The second-order valence-corrected chi connectivity index (χ2v) is 6.54. The fourth-order valence-corrected chi connectivity index (χ4v) is 4.38. The van der Waals surface area contributed by atoms with Crippen molar-refractivity contribution in [3.63, 3.8) is 0 Å². The van der Waals surface area contributed by atoms with Crippen molar-refractivity contribution in [1.82, 2.24) is 9.80 Å². The maximum Gasteiger partial charge on any atom is 0.269 e. The van der Waals surface area contributed by atoms with Gasteiger partial charge in [-0.25, -0.2) is 0 Å². The fourth-order valence-electron chi connectivity index (χ4n) is 4.38. The van der Waals surface area contributed by atoms with E-state index in [1.165, 1.54) is 0 Å². The lowest BCUT2D eigenvalue weighted by atomic mass is 9.66. The maximum atomic E-state index is 10.9. The number of rotatable bonds is 2. The van der Waals surface area contributed by atoms with Gasteiger partial charge in [0.15, 0.2) is 0 Å². The van der Waals surface area contributed by atoms with Gasteiger partial charge in [-0.15, -0.1) is 0 Å². The first-order valence-corrected chi connectivity index (χ1v) is 7.54. The van der Waals surface area contributed by atoms with Crippen LogP contribution in [0.25, 0.3) is 0 Å². The van der Waals surface area contributed by atoms with E-state index in [9.17, 15) is 15.3 Å². The Labute approximate surface area is 128 Å². The highest BCUT2D eigenvalue weighted by molar-refractivity contribution is 5.99. The number of non-ortho nitro benzene ring substituents is 1. The molecule has 1 aromatic rings. The molecular weight excluding hydrogens is 284 g/mol. The molecule has 1 N–H and O–H groups in total. The van der Waals surface area contributed by atoms with Crippen LogP contribution in [0.15, 0.2) is 29.4 Å². The van der Waals surface area contributed by atoms with Crippen molar-refractivity contribution < 1.29 is 10.1 Å². The second-order valence-electron chi connectivity index (χ2n) is 6.54. The minimum absolute atomic E-state index is 0.0920. The molecule has 4 fully saturated rings. The van der Waals surface area contributed by atoms with Crippen LogP contribution in [0.1, 0.15) is 5.56 Å². The Hall–Kier alpha value is -1.99. The zero-order valence-electron chi connectivity index (χ0n) is 12.2. The first-order valence-electron chi connectivity index (χ1n) is 7.54. The highest BCUT2D eigenvalue weighted by atomic mass is 16.6. The van der Waals surface area contributed by atoms with E-state index in [1.54, 1.807) is 12.1 Å². The quantitative estimate of drug-likeness (QED) is 0.499. The number of hydrogen-bond acceptors (Lipinski definition) is 6. The molecule has 4 aliphatic heterocycles. The monoisotopic (exact) mass is 302 g/mol. The van der Waals surface area contributed by atoms with Gasteiger partial charge in [-0.2, -0.15) is 0 Å². The summed E-state index contributed by atoms with van der Waals surface area (Å²) in [6, 6.07) is 6.73. The number of nitro groups is 1. The van der Waals surface area contributed by atoms with Crippen LogP contribution < -0.4 is 0 Å². The van der Waals surface area contributed by atoms with Gasteiger partial charge in [0.25, 0.3) is 5.69 Å². The Morgan fingerprint density at radius 3 is 2.27 bits per heavy atom. The van der Waals surface area contributed by atoms with Crippen LogP contribution in [0, 0.1) is 16.0 Å². The third-order valence-electron chi connectivity index (χ3n) is 5.29. The van der Waals surface area contributed by atoms with Crippen molar-refractivity contribution >= 4 is 11.4 Å². The summed E-state index contributed by atoms with van der Waals surface area (Å²) in [5.41, 5.74) is 1.60. The van der Waals surface area contributed by atoms with Crippen molar-refractivity contribution in [2.75, 3.05) is 39.3 Å². The molecule has 0 amide bonds. The normalized spacial score (nSPS) is 38.2. The van der Waals surface area contributed by atoms with Gasteiger partial charge in [0.05, 0.1) is 16.0 Å². The average Bonchev–Trinajstić information content (AvgIpc) is 2.76. The number of oxime groups is 1. The molecule has 4 aliphatic rings. The average molecular weight is 302 g/mol. The summed E-state index contributed by atoms with van der Waals surface area (Å²) in [5, 5.41) is 24.1. The van der Waals surface area contributed by atoms with Crippen LogP contribution in [-0.2, 0) is 5.41 Å². The Balaban J connectivity index is 1.81. The molecule has 1 aromatic carbocycles. The molecule has 4 saturated heterocycles. The van der Waals surface area contributed by atoms with Gasteiger partial charge in [0.1, 0.15) is 0 Å². The lowest BCUT2D eigenvalue weighted by molar-refractivity contribution is -0.384. The molecule has 116 valence electrons. The summed E-state index contributed by atoms with van der Waals surface area (Å²) in [6.45, 7) is 5.57. The van der Waals surface area contributed by atoms with E-state index in [-0.39, 0.29) is 21.9 Å². The molecule has 0 saturated carbocycles. The van der Waals surface area contributed by atoms with Crippen molar-refractivity contribution in [3.05, 3.63) is 39.9 Å². The van der Waals surface area contributed by atoms with Crippen molar-refractivity contribution in [2.24, 2.45) is 11.1 Å². The van der Waals surface area contributed by atoms with E-state index in [0.29, 0.717) is 0 Å².